The minimum absolute atomic E-state index is 0.0123. The van der Waals surface area contributed by atoms with Crippen LogP contribution in [0.15, 0.2) is 36.4 Å². The van der Waals surface area contributed by atoms with E-state index in [1.165, 1.54) is 6.07 Å². The normalized spacial score (nSPS) is 12.3. The van der Waals surface area contributed by atoms with Crippen LogP contribution in [0, 0.1) is 0 Å². The molecule has 2 rings (SSSR count). The largest absolute Gasteiger partial charge is 0.457 e. The van der Waals surface area contributed by atoms with Gasteiger partial charge in [0.25, 0.3) is 0 Å². The van der Waals surface area contributed by atoms with Crippen LogP contribution in [0.3, 0.4) is 0 Å². The van der Waals surface area contributed by atoms with Crippen LogP contribution < -0.4 is 4.74 Å². The molecule has 2 aromatic rings. The number of benzene rings is 2. The molecule has 0 radical (unpaired) electrons. The summed E-state index contributed by atoms with van der Waals surface area (Å²) in [4.78, 5) is 0. The van der Waals surface area contributed by atoms with E-state index in [0.717, 1.165) is 18.2 Å². The molecule has 1 N–H and O–H groups in total. The standard InChI is InChI=1S/C15H9ClF6O2/c16-12-3-2-9(6-10(12)14(17,18)19)24-13-4-1-8(7-23)5-11(13)15(20,21)22/h1-6,23H,7H2. The van der Waals surface area contributed by atoms with Gasteiger partial charge in [0.05, 0.1) is 22.8 Å². The number of alkyl halides is 6. The van der Waals surface area contributed by atoms with Gasteiger partial charge in [-0.2, -0.15) is 26.3 Å². The summed E-state index contributed by atoms with van der Waals surface area (Å²) < 4.78 is 82.4. The minimum Gasteiger partial charge on any atom is -0.457 e. The number of hydrogen-bond acceptors (Lipinski definition) is 2. The SMILES string of the molecule is OCc1ccc(Oc2ccc(Cl)c(C(F)(F)F)c2)c(C(F)(F)F)c1. The predicted molar refractivity (Wildman–Crippen MR) is 73.9 cm³/mol. The van der Waals surface area contributed by atoms with Gasteiger partial charge in [0.2, 0.25) is 0 Å². The van der Waals surface area contributed by atoms with Crippen LogP contribution in [0.1, 0.15) is 16.7 Å². The second-order valence-corrected chi connectivity index (χ2v) is 5.14. The highest BCUT2D eigenvalue weighted by molar-refractivity contribution is 6.31. The highest BCUT2D eigenvalue weighted by Gasteiger charge is 2.36. The summed E-state index contributed by atoms with van der Waals surface area (Å²) in [5.41, 5.74) is -2.44. The van der Waals surface area contributed by atoms with Crippen molar-refractivity contribution < 1.29 is 36.2 Å². The fraction of sp³-hybridized carbons (Fsp3) is 0.200. The molecule has 0 aromatic heterocycles. The third-order valence-electron chi connectivity index (χ3n) is 3.00. The van der Waals surface area contributed by atoms with E-state index in [4.69, 9.17) is 21.4 Å². The molecule has 0 bridgehead atoms. The molecule has 9 heteroatoms. The van der Waals surface area contributed by atoms with E-state index in [9.17, 15) is 26.3 Å². The first-order chi connectivity index (χ1) is 11.0. The second-order valence-electron chi connectivity index (χ2n) is 4.73. The summed E-state index contributed by atoms with van der Waals surface area (Å²) in [6.45, 7) is -0.622. The highest BCUT2D eigenvalue weighted by atomic mass is 35.5. The van der Waals surface area contributed by atoms with Gasteiger partial charge in [-0.1, -0.05) is 17.7 Å². The number of hydrogen-bond donors (Lipinski definition) is 1. The molecule has 0 spiro atoms. The molecule has 0 unspecified atom stereocenters. The van der Waals surface area contributed by atoms with E-state index in [2.05, 4.69) is 0 Å². The molecule has 0 aliphatic carbocycles. The van der Waals surface area contributed by atoms with Gasteiger partial charge in [0, 0.05) is 0 Å². The predicted octanol–water partition coefficient (Wildman–Crippen LogP) is 5.66. The van der Waals surface area contributed by atoms with Crippen molar-refractivity contribution in [2.24, 2.45) is 0 Å². The molecule has 0 aliphatic rings. The second kappa shape index (κ2) is 6.52. The van der Waals surface area contributed by atoms with Gasteiger partial charge in [-0.25, -0.2) is 0 Å². The van der Waals surface area contributed by atoms with Gasteiger partial charge in [-0.05, 0) is 35.9 Å². The maximum absolute atomic E-state index is 13.0. The van der Waals surface area contributed by atoms with Crippen molar-refractivity contribution in [1.29, 1.82) is 0 Å². The van der Waals surface area contributed by atoms with E-state index in [1.807, 2.05) is 0 Å². The monoisotopic (exact) mass is 370 g/mol. The van der Waals surface area contributed by atoms with Crippen LogP contribution in [0.2, 0.25) is 5.02 Å². The first-order valence-electron chi connectivity index (χ1n) is 6.38. The Morgan fingerprint density at radius 2 is 1.50 bits per heavy atom. The third kappa shape index (κ3) is 4.12. The number of rotatable bonds is 3. The molecule has 0 aliphatic heterocycles. The van der Waals surface area contributed by atoms with E-state index >= 15 is 0 Å². The zero-order chi connectivity index (χ0) is 18.1. The van der Waals surface area contributed by atoms with Crippen molar-refractivity contribution in [1.82, 2.24) is 0 Å². The van der Waals surface area contributed by atoms with Crippen LogP contribution in [-0.4, -0.2) is 5.11 Å². The van der Waals surface area contributed by atoms with Crippen LogP contribution in [-0.2, 0) is 19.0 Å². The molecule has 0 atom stereocenters. The fourth-order valence-corrected chi connectivity index (χ4v) is 2.12. The molecule has 0 heterocycles. The van der Waals surface area contributed by atoms with Crippen molar-refractivity contribution in [3.8, 4) is 11.5 Å². The lowest BCUT2D eigenvalue weighted by Crippen LogP contribution is -2.09. The molecule has 0 saturated carbocycles. The maximum atomic E-state index is 13.0. The van der Waals surface area contributed by atoms with E-state index in [1.54, 1.807) is 0 Å². The van der Waals surface area contributed by atoms with Crippen molar-refractivity contribution in [3.05, 3.63) is 58.1 Å². The van der Waals surface area contributed by atoms with E-state index < -0.39 is 46.6 Å². The third-order valence-corrected chi connectivity index (χ3v) is 3.33. The van der Waals surface area contributed by atoms with Crippen molar-refractivity contribution in [2.75, 3.05) is 0 Å². The Morgan fingerprint density at radius 1 is 0.875 bits per heavy atom. The molecule has 24 heavy (non-hydrogen) atoms. The van der Waals surface area contributed by atoms with Crippen LogP contribution in [0.4, 0.5) is 26.3 Å². The maximum Gasteiger partial charge on any atom is 0.419 e. The van der Waals surface area contributed by atoms with Gasteiger partial charge in [-0.15, -0.1) is 0 Å². The highest BCUT2D eigenvalue weighted by Crippen LogP contribution is 2.41. The van der Waals surface area contributed by atoms with Crippen LogP contribution in [0.25, 0.3) is 0 Å². The number of ether oxygens (including phenoxy) is 1. The van der Waals surface area contributed by atoms with Gasteiger partial charge in [0.15, 0.2) is 0 Å². The molecule has 0 fully saturated rings. The quantitative estimate of drug-likeness (QED) is 0.706. The Balaban J connectivity index is 2.45. The van der Waals surface area contributed by atoms with Crippen molar-refractivity contribution in [3.63, 3.8) is 0 Å². The number of halogens is 7. The average molecular weight is 371 g/mol. The fourth-order valence-electron chi connectivity index (χ4n) is 1.90. The zero-order valence-corrected chi connectivity index (χ0v) is 12.4. The topological polar surface area (TPSA) is 29.5 Å². The lowest BCUT2D eigenvalue weighted by molar-refractivity contribution is -0.139. The summed E-state index contributed by atoms with van der Waals surface area (Å²) in [6, 6.07) is 5.19. The van der Waals surface area contributed by atoms with Gasteiger partial charge >= 0.3 is 12.4 Å². The van der Waals surface area contributed by atoms with E-state index in [0.29, 0.717) is 12.1 Å². The summed E-state index contributed by atoms with van der Waals surface area (Å²) in [5.74, 6) is -1.14. The Labute approximate surface area is 137 Å². The molecule has 2 aromatic carbocycles. The lowest BCUT2D eigenvalue weighted by atomic mass is 10.1. The Bertz CT molecular complexity index is 740. The molecule has 130 valence electrons. The Kier molecular flexibility index (Phi) is 5.00. The van der Waals surface area contributed by atoms with Crippen molar-refractivity contribution >= 4 is 11.6 Å². The smallest absolute Gasteiger partial charge is 0.419 e. The van der Waals surface area contributed by atoms with Crippen LogP contribution in [0.5, 0.6) is 11.5 Å². The molecule has 0 amide bonds. The number of aliphatic hydroxyl groups is 1. The molecule has 2 nitrogen and oxygen atoms in total. The summed E-state index contributed by atoms with van der Waals surface area (Å²) in [7, 11) is 0. The van der Waals surface area contributed by atoms with Crippen LogP contribution >= 0.6 is 11.6 Å². The summed E-state index contributed by atoms with van der Waals surface area (Å²) in [6.07, 6.45) is -9.58. The summed E-state index contributed by atoms with van der Waals surface area (Å²) >= 11 is 5.44. The van der Waals surface area contributed by atoms with Gasteiger partial charge in [-0.3, -0.25) is 0 Å². The first-order valence-corrected chi connectivity index (χ1v) is 6.75. The molecular formula is C15H9ClF6O2. The minimum atomic E-state index is -4.81. The van der Waals surface area contributed by atoms with Gasteiger partial charge in [0.1, 0.15) is 11.5 Å². The number of aliphatic hydroxyl groups excluding tert-OH is 1. The Morgan fingerprint density at radius 3 is 2.04 bits per heavy atom. The zero-order valence-electron chi connectivity index (χ0n) is 11.7. The van der Waals surface area contributed by atoms with Crippen molar-refractivity contribution in [2.45, 2.75) is 19.0 Å². The average Bonchev–Trinajstić information content (AvgIpc) is 2.47. The lowest BCUT2D eigenvalue weighted by Gasteiger charge is -2.16. The van der Waals surface area contributed by atoms with E-state index in [-0.39, 0.29) is 5.56 Å². The molecule has 0 saturated heterocycles. The Hall–Kier alpha value is -1.93. The summed E-state index contributed by atoms with van der Waals surface area (Å²) in [5, 5.41) is 8.32. The molecular weight excluding hydrogens is 362 g/mol. The first kappa shape index (κ1) is 18.4. The van der Waals surface area contributed by atoms with Gasteiger partial charge < -0.3 is 9.84 Å².